The molecule has 0 aromatic carbocycles. The second-order valence-corrected chi connectivity index (χ2v) is 5.75. The van der Waals surface area contributed by atoms with Gasteiger partial charge in [0.1, 0.15) is 0 Å². The Labute approximate surface area is 115 Å². The molecule has 104 valence electrons. The summed E-state index contributed by atoms with van der Waals surface area (Å²) in [5.41, 5.74) is 6.44. The molecule has 19 heavy (non-hydrogen) atoms. The van der Waals surface area contributed by atoms with Crippen molar-refractivity contribution in [3.63, 3.8) is 0 Å². The van der Waals surface area contributed by atoms with Gasteiger partial charge in [-0.15, -0.1) is 0 Å². The summed E-state index contributed by atoms with van der Waals surface area (Å²) in [6, 6.07) is 1.69. The van der Waals surface area contributed by atoms with Crippen LogP contribution in [0.25, 0.3) is 0 Å². The summed E-state index contributed by atoms with van der Waals surface area (Å²) in [6.07, 6.45) is 8.05. The molecule has 0 saturated carbocycles. The van der Waals surface area contributed by atoms with E-state index < -0.39 is 5.54 Å². The topological polar surface area (TPSA) is 59.2 Å². The number of likely N-dealkylation sites (tertiary alicyclic amines) is 1. The van der Waals surface area contributed by atoms with Gasteiger partial charge in [0.05, 0.1) is 11.1 Å². The zero-order valence-electron chi connectivity index (χ0n) is 11.9. The Kier molecular flexibility index (Phi) is 4.20. The Balaban J connectivity index is 2.23. The monoisotopic (exact) mass is 261 g/mol. The smallest absolute Gasteiger partial charge is 0.186 e. The molecule has 4 heteroatoms. The van der Waals surface area contributed by atoms with Crippen LogP contribution in [0.5, 0.6) is 0 Å². The molecule has 1 saturated heterocycles. The highest BCUT2D eigenvalue weighted by Crippen LogP contribution is 2.25. The molecule has 1 aliphatic rings. The second-order valence-electron chi connectivity index (χ2n) is 5.75. The normalized spacial score (nSPS) is 18.0. The first kappa shape index (κ1) is 14.0. The van der Waals surface area contributed by atoms with Crippen molar-refractivity contribution in [2.24, 2.45) is 0 Å². The molecule has 1 aromatic heterocycles. The maximum absolute atomic E-state index is 12.7. The van der Waals surface area contributed by atoms with E-state index in [4.69, 9.17) is 5.73 Å². The first-order valence-corrected chi connectivity index (χ1v) is 7.03. The van der Waals surface area contributed by atoms with Crippen molar-refractivity contribution in [3.05, 3.63) is 24.0 Å². The van der Waals surface area contributed by atoms with E-state index in [0.717, 1.165) is 13.1 Å². The van der Waals surface area contributed by atoms with E-state index in [0.29, 0.717) is 11.3 Å². The number of rotatable bonds is 3. The third-order valence-corrected chi connectivity index (χ3v) is 4.05. The molecule has 1 fully saturated rings. The van der Waals surface area contributed by atoms with Gasteiger partial charge in [0.2, 0.25) is 0 Å². The SMILES string of the molecule is CC(C)(C(=O)c1cnccc1N)N1CCCCCC1. The molecule has 0 bridgehead atoms. The largest absolute Gasteiger partial charge is 0.398 e. The Morgan fingerprint density at radius 2 is 1.89 bits per heavy atom. The summed E-state index contributed by atoms with van der Waals surface area (Å²) in [5.74, 6) is 0.0694. The number of hydrogen-bond acceptors (Lipinski definition) is 4. The van der Waals surface area contributed by atoms with Gasteiger partial charge in [-0.05, 0) is 45.8 Å². The van der Waals surface area contributed by atoms with Crippen molar-refractivity contribution >= 4 is 11.5 Å². The van der Waals surface area contributed by atoms with Crippen LogP contribution in [0.15, 0.2) is 18.5 Å². The predicted octanol–water partition coefficient (Wildman–Crippen LogP) is 2.50. The van der Waals surface area contributed by atoms with E-state index in [1.165, 1.54) is 25.7 Å². The summed E-state index contributed by atoms with van der Waals surface area (Å²) in [7, 11) is 0. The number of pyridine rings is 1. The van der Waals surface area contributed by atoms with Crippen molar-refractivity contribution in [3.8, 4) is 0 Å². The number of carbonyl (C=O) groups excluding carboxylic acids is 1. The van der Waals surface area contributed by atoms with Gasteiger partial charge in [0.15, 0.2) is 5.78 Å². The number of nitrogen functional groups attached to an aromatic ring is 1. The predicted molar refractivity (Wildman–Crippen MR) is 77.1 cm³/mol. The molecule has 0 atom stereocenters. The fourth-order valence-corrected chi connectivity index (χ4v) is 2.70. The molecule has 1 aromatic rings. The summed E-state index contributed by atoms with van der Waals surface area (Å²) in [6.45, 7) is 5.96. The number of nitrogens with zero attached hydrogens (tertiary/aromatic N) is 2. The maximum Gasteiger partial charge on any atom is 0.186 e. The third-order valence-electron chi connectivity index (χ3n) is 4.05. The molecule has 4 nitrogen and oxygen atoms in total. The van der Waals surface area contributed by atoms with Crippen LogP contribution >= 0.6 is 0 Å². The van der Waals surface area contributed by atoms with Gasteiger partial charge < -0.3 is 5.73 Å². The van der Waals surface area contributed by atoms with Crippen LogP contribution in [0, 0.1) is 0 Å². The second kappa shape index (κ2) is 5.70. The van der Waals surface area contributed by atoms with Crippen LogP contribution in [0.3, 0.4) is 0 Å². The molecule has 0 aliphatic carbocycles. The number of aromatic nitrogens is 1. The fourth-order valence-electron chi connectivity index (χ4n) is 2.70. The average molecular weight is 261 g/mol. The van der Waals surface area contributed by atoms with Crippen LogP contribution in [0.1, 0.15) is 49.9 Å². The summed E-state index contributed by atoms with van der Waals surface area (Å²) >= 11 is 0. The Morgan fingerprint density at radius 1 is 1.26 bits per heavy atom. The lowest BCUT2D eigenvalue weighted by atomic mass is 9.91. The van der Waals surface area contributed by atoms with Crippen LogP contribution in [-0.4, -0.2) is 34.3 Å². The molecule has 0 radical (unpaired) electrons. The number of Topliss-reactive ketones (excluding diaryl/α,β-unsaturated/α-hetero) is 1. The molecule has 0 spiro atoms. The van der Waals surface area contributed by atoms with Gasteiger partial charge >= 0.3 is 0 Å². The Hall–Kier alpha value is -1.42. The van der Waals surface area contributed by atoms with Crippen LogP contribution in [0.4, 0.5) is 5.69 Å². The molecule has 2 heterocycles. The molecule has 0 amide bonds. The highest BCUT2D eigenvalue weighted by Gasteiger charge is 2.36. The van der Waals surface area contributed by atoms with Gasteiger partial charge in [-0.3, -0.25) is 14.7 Å². The van der Waals surface area contributed by atoms with Crippen LogP contribution < -0.4 is 5.73 Å². The van der Waals surface area contributed by atoms with Gasteiger partial charge in [0.25, 0.3) is 0 Å². The Bertz CT molecular complexity index is 448. The van der Waals surface area contributed by atoms with Crippen LogP contribution in [-0.2, 0) is 0 Å². The van der Waals surface area contributed by atoms with Gasteiger partial charge in [-0.1, -0.05) is 12.8 Å². The zero-order chi connectivity index (χ0) is 13.9. The molecular weight excluding hydrogens is 238 g/mol. The highest BCUT2D eigenvalue weighted by molar-refractivity contribution is 6.06. The lowest BCUT2D eigenvalue weighted by Crippen LogP contribution is -2.50. The molecule has 2 rings (SSSR count). The summed E-state index contributed by atoms with van der Waals surface area (Å²) in [4.78, 5) is 19.0. The van der Waals surface area contributed by atoms with Gasteiger partial charge in [-0.2, -0.15) is 0 Å². The quantitative estimate of drug-likeness (QED) is 0.849. The number of carbonyl (C=O) groups is 1. The van der Waals surface area contributed by atoms with Crippen molar-refractivity contribution in [2.75, 3.05) is 18.8 Å². The van der Waals surface area contributed by atoms with Crippen molar-refractivity contribution in [1.29, 1.82) is 0 Å². The number of nitrogens with two attached hydrogens (primary N) is 1. The fraction of sp³-hybridized carbons (Fsp3) is 0.600. The lowest BCUT2D eigenvalue weighted by molar-refractivity contribution is 0.0650. The van der Waals surface area contributed by atoms with Crippen molar-refractivity contribution in [2.45, 2.75) is 45.1 Å². The van der Waals surface area contributed by atoms with Gasteiger partial charge in [0, 0.05) is 18.1 Å². The first-order chi connectivity index (χ1) is 9.03. The lowest BCUT2D eigenvalue weighted by Gasteiger charge is -2.36. The van der Waals surface area contributed by atoms with E-state index in [1.54, 1.807) is 18.5 Å². The van der Waals surface area contributed by atoms with Crippen molar-refractivity contribution in [1.82, 2.24) is 9.88 Å². The standard InChI is InChI=1S/C15H23N3O/c1-15(2,18-9-5-3-4-6-10-18)14(19)12-11-17-8-7-13(12)16/h7-8,11H,3-6,9-10H2,1-2H3,(H2,16,17). The highest BCUT2D eigenvalue weighted by atomic mass is 16.1. The van der Waals surface area contributed by atoms with Crippen molar-refractivity contribution < 1.29 is 4.79 Å². The number of hydrogen-bond donors (Lipinski definition) is 1. The first-order valence-electron chi connectivity index (χ1n) is 7.03. The molecule has 2 N–H and O–H groups in total. The molecular formula is C15H23N3O. The average Bonchev–Trinajstić information content (AvgIpc) is 2.67. The van der Waals surface area contributed by atoms with E-state index in [1.807, 2.05) is 13.8 Å². The molecule has 1 aliphatic heterocycles. The van der Waals surface area contributed by atoms with E-state index in [2.05, 4.69) is 9.88 Å². The number of anilines is 1. The minimum atomic E-state index is -0.512. The van der Waals surface area contributed by atoms with Crippen LogP contribution in [0.2, 0.25) is 0 Å². The van der Waals surface area contributed by atoms with E-state index >= 15 is 0 Å². The van der Waals surface area contributed by atoms with E-state index in [-0.39, 0.29) is 5.78 Å². The Morgan fingerprint density at radius 3 is 2.47 bits per heavy atom. The zero-order valence-corrected chi connectivity index (χ0v) is 11.9. The van der Waals surface area contributed by atoms with Gasteiger partial charge in [-0.25, -0.2) is 0 Å². The summed E-state index contributed by atoms with van der Waals surface area (Å²) < 4.78 is 0. The third kappa shape index (κ3) is 2.95. The summed E-state index contributed by atoms with van der Waals surface area (Å²) in [5, 5.41) is 0. The minimum Gasteiger partial charge on any atom is -0.398 e. The molecule has 0 unspecified atom stereocenters. The maximum atomic E-state index is 12.7. The minimum absolute atomic E-state index is 0.0694. The van der Waals surface area contributed by atoms with E-state index in [9.17, 15) is 4.79 Å². The number of ketones is 1.